The van der Waals surface area contributed by atoms with Crippen LogP contribution in [-0.4, -0.2) is 21.9 Å². The number of halogens is 2. The predicted octanol–water partition coefficient (Wildman–Crippen LogP) is 2.96. The molecule has 2 amide bonds. The zero-order chi connectivity index (χ0) is 19.3. The SMILES string of the molecule is O=C(NNC(=S)NC(=O)c1ccccc1Br)c1ccc(Cl)c([N+](=O)[O-])c1. The summed E-state index contributed by atoms with van der Waals surface area (Å²) in [4.78, 5) is 34.3. The molecule has 0 unspecified atom stereocenters. The minimum atomic E-state index is -0.699. The minimum Gasteiger partial charge on any atom is -0.298 e. The first-order chi connectivity index (χ1) is 12.3. The van der Waals surface area contributed by atoms with Crippen LogP contribution in [0.15, 0.2) is 46.9 Å². The summed E-state index contributed by atoms with van der Waals surface area (Å²) in [6.45, 7) is 0. The Labute approximate surface area is 166 Å². The molecule has 0 spiro atoms. The lowest BCUT2D eigenvalue weighted by Gasteiger charge is -2.11. The maximum atomic E-state index is 12.1. The number of nitro groups is 1. The minimum absolute atomic E-state index is 0.00599. The molecule has 134 valence electrons. The summed E-state index contributed by atoms with van der Waals surface area (Å²) >= 11 is 13.9. The number of carbonyl (C=O) groups is 2. The molecule has 26 heavy (non-hydrogen) atoms. The first kappa shape index (κ1) is 19.8. The van der Waals surface area contributed by atoms with E-state index in [2.05, 4.69) is 32.1 Å². The van der Waals surface area contributed by atoms with Crippen LogP contribution in [0.5, 0.6) is 0 Å². The van der Waals surface area contributed by atoms with E-state index in [4.69, 9.17) is 23.8 Å². The molecule has 0 atom stereocenters. The maximum Gasteiger partial charge on any atom is 0.288 e. The zero-order valence-corrected chi connectivity index (χ0v) is 15.9. The Kier molecular flexibility index (Phi) is 6.61. The summed E-state index contributed by atoms with van der Waals surface area (Å²) in [6, 6.07) is 10.3. The molecule has 0 aliphatic rings. The molecule has 8 nitrogen and oxygen atoms in total. The fraction of sp³-hybridized carbons (Fsp3) is 0. The Morgan fingerprint density at radius 1 is 1.12 bits per heavy atom. The predicted molar refractivity (Wildman–Crippen MR) is 103 cm³/mol. The van der Waals surface area contributed by atoms with Crippen LogP contribution in [-0.2, 0) is 0 Å². The summed E-state index contributed by atoms with van der Waals surface area (Å²) in [5.74, 6) is -1.17. The van der Waals surface area contributed by atoms with E-state index in [1.807, 2.05) is 0 Å². The van der Waals surface area contributed by atoms with Crippen molar-refractivity contribution in [2.75, 3.05) is 0 Å². The van der Waals surface area contributed by atoms with Crippen LogP contribution in [0.25, 0.3) is 0 Å². The molecule has 0 fully saturated rings. The van der Waals surface area contributed by atoms with Gasteiger partial charge in [-0.3, -0.25) is 35.9 Å². The fourth-order valence-corrected chi connectivity index (χ4v) is 2.62. The van der Waals surface area contributed by atoms with Crippen molar-refractivity contribution in [2.45, 2.75) is 0 Å². The molecule has 0 aliphatic heterocycles. The standard InChI is InChI=1S/C15H10BrClN4O4S/c16-10-4-2-1-3-9(10)14(23)18-15(26)20-19-13(22)8-5-6-11(17)12(7-8)21(24)25/h1-7H,(H,19,22)(H2,18,20,23,26). The number of rotatable bonds is 3. The first-order valence-corrected chi connectivity index (χ1v) is 8.47. The highest BCUT2D eigenvalue weighted by Crippen LogP contribution is 2.24. The summed E-state index contributed by atoms with van der Waals surface area (Å²) < 4.78 is 0.581. The summed E-state index contributed by atoms with van der Waals surface area (Å²) in [6.07, 6.45) is 0. The van der Waals surface area contributed by atoms with Gasteiger partial charge in [0.1, 0.15) is 5.02 Å². The highest BCUT2D eigenvalue weighted by Gasteiger charge is 2.17. The van der Waals surface area contributed by atoms with Gasteiger partial charge < -0.3 is 0 Å². The quantitative estimate of drug-likeness (QED) is 0.371. The van der Waals surface area contributed by atoms with Crippen molar-refractivity contribution in [1.29, 1.82) is 0 Å². The Bertz CT molecular complexity index is 909. The molecule has 3 N–H and O–H groups in total. The Morgan fingerprint density at radius 3 is 2.46 bits per heavy atom. The molecule has 0 bridgehead atoms. The van der Waals surface area contributed by atoms with Crippen LogP contribution in [0.4, 0.5) is 5.69 Å². The molecule has 0 saturated heterocycles. The number of hydrazine groups is 1. The van der Waals surface area contributed by atoms with E-state index in [9.17, 15) is 19.7 Å². The van der Waals surface area contributed by atoms with Gasteiger partial charge in [-0.25, -0.2) is 0 Å². The molecule has 2 aromatic carbocycles. The second kappa shape index (κ2) is 8.70. The van der Waals surface area contributed by atoms with Gasteiger partial charge in [0.05, 0.1) is 10.5 Å². The van der Waals surface area contributed by atoms with Gasteiger partial charge in [0, 0.05) is 16.1 Å². The number of carbonyl (C=O) groups excluding carboxylic acids is 2. The summed E-state index contributed by atoms with van der Waals surface area (Å²) in [5, 5.41) is 13.0. The van der Waals surface area contributed by atoms with Crippen molar-refractivity contribution in [3.8, 4) is 0 Å². The van der Waals surface area contributed by atoms with Crippen LogP contribution < -0.4 is 16.2 Å². The smallest absolute Gasteiger partial charge is 0.288 e. The first-order valence-electron chi connectivity index (χ1n) is 6.89. The molecule has 0 aromatic heterocycles. The molecule has 0 aliphatic carbocycles. The van der Waals surface area contributed by atoms with E-state index < -0.39 is 22.4 Å². The van der Waals surface area contributed by atoms with E-state index in [0.717, 1.165) is 6.07 Å². The number of nitrogens with zero attached hydrogens (tertiary/aromatic N) is 1. The third kappa shape index (κ3) is 4.97. The summed E-state index contributed by atoms with van der Waals surface area (Å²) in [5.41, 5.74) is 4.53. The topological polar surface area (TPSA) is 113 Å². The van der Waals surface area contributed by atoms with Gasteiger partial charge in [0.25, 0.3) is 17.5 Å². The molecule has 0 saturated carbocycles. The molecule has 11 heteroatoms. The van der Waals surface area contributed by atoms with Crippen LogP contribution in [0.1, 0.15) is 20.7 Å². The van der Waals surface area contributed by atoms with Crippen molar-refractivity contribution in [2.24, 2.45) is 0 Å². The largest absolute Gasteiger partial charge is 0.298 e. The number of thiocarbonyl (C=S) groups is 1. The van der Waals surface area contributed by atoms with Gasteiger partial charge in [0.15, 0.2) is 5.11 Å². The lowest BCUT2D eigenvalue weighted by atomic mass is 10.2. The van der Waals surface area contributed by atoms with Crippen LogP contribution >= 0.6 is 39.7 Å². The molecule has 2 rings (SSSR count). The van der Waals surface area contributed by atoms with E-state index in [0.29, 0.717) is 10.0 Å². The Hall–Kier alpha value is -2.56. The zero-order valence-electron chi connectivity index (χ0n) is 12.8. The van der Waals surface area contributed by atoms with E-state index in [1.165, 1.54) is 12.1 Å². The van der Waals surface area contributed by atoms with Gasteiger partial charge in [-0.1, -0.05) is 23.7 Å². The van der Waals surface area contributed by atoms with Crippen molar-refractivity contribution in [3.63, 3.8) is 0 Å². The number of hydrogen-bond acceptors (Lipinski definition) is 5. The maximum absolute atomic E-state index is 12.1. The molecule has 2 aromatic rings. The highest BCUT2D eigenvalue weighted by molar-refractivity contribution is 9.10. The monoisotopic (exact) mass is 456 g/mol. The number of amides is 2. The molecule has 0 radical (unpaired) electrons. The van der Waals surface area contributed by atoms with Gasteiger partial charge in [-0.2, -0.15) is 0 Å². The number of nitrogens with one attached hydrogen (secondary N) is 3. The Morgan fingerprint density at radius 2 is 1.81 bits per heavy atom. The lowest BCUT2D eigenvalue weighted by Crippen LogP contribution is -2.48. The third-order valence-electron chi connectivity index (χ3n) is 3.04. The van der Waals surface area contributed by atoms with Crippen molar-refractivity contribution >= 4 is 62.4 Å². The van der Waals surface area contributed by atoms with E-state index >= 15 is 0 Å². The number of nitro benzene ring substituents is 1. The third-order valence-corrected chi connectivity index (χ3v) is 4.26. The van der Waals surface area contributed by atoms with Crippen molar-refractivity contribution in [1.82, 2.24) is 16.2 Å². The number of benzene rings is 2. The Balaban J connectivity index is 1.96. The van der Waals surface area contributed by atoms with Gasteiger partial charge >= 0.3 is 0 Å². The number of hydrogen-bond donors (Lipinski definition) is 3. The summed E-state index contributed by atoms with van der Waals surface area (Å²) in [7, 11) is 0. The molecular weight excluding hydrogens is 448 g/mol. The van der Waals surface area contributed by atoms with Crippen LogP contribution in [0.2, 0.25) is 5.02 Å². The normalized spacial score (nSPS) is 9.92. The highest BCUT2D eigenvalue weighted by atomic mass is 79.9. The molecule has 0 heterocycles. The van der Waals surface area contributed by atoms with Gasteiger partial charge in [-0.15, -0.1) is 0 Å². The van der Waals surface area contributed by atoms with E-state index in [-0.39, 0.29) is 15.7 Å². The fourth-order valence-electron chi connectivity index (χ4n) is 1.83. The second-order valence-corrected chi connectivity index (χ2v) is 6.44. The second-order valence-electron chi connectivity index (χ2n) is 4.77. The van der Waals surface area contributed by atoms with Crippen LogP contribution in [0, 0.1) is 10.1 Å². The average Bonchev–Trinajstić information content (AvgIpc) is 2.60. The van der Waals surface area contributed by atoms with Crippen molar-refractivity contribution < 1.29 is 14.5 Å². The van der Waals surface area contributed by atoms with Crippen LogP contribution in [0.3, 0.4) is 0 Å². The van der Waals surface area contributed by atoms with Crippen molar-refractivity contribution in [3.05, 3.63) is 73.2 Å². The molecular formula is C15H10BrClN4O4S. The van der Waals surface area contributed by atoms with Gasteiger partial charge in [-0.05, 0) is 52.4 Å². The van der Waals surface area contributed by atoms with Gasteiger partial charge in [0.2, 0.25) is 0 Å². The lowest BCUT2D eigenvalue weighted by molar-refractivity contribution is -0.384. The van der Waals surface area contributed by atoms with E-state index in [1.54, 1.807) is 24.3 Å². The average molecular weight is 458 g/mol.